The Morgan fingerprint density at radius 1 is 1.24 bits per heavy atom. The van der Waals surface area contributed by atoms with Gasteiger partial charge in [-0.25, -0.2) is 0 Å². The Kier molecular flexibility index (Phi) is 2.59. The van der Waals surface area contributed by atoms with E-state index in [-0.39, 0.29) is 0 Å². The van der Waals surface area contributed by atoms with Crippen LogP contribution in [-0.2, 0) is 0 Å². The van der Waals surface area contributed by atoms with Gasteiger partial charge in [-0.15, -0.1) is 11.3 Å². The van der Waals surface area contributed by atoms with Crippen molar-refractivity contribution in [1.29, 1.82) is 0 Å². The van der Waals surface area contributed by atoms with Crippen LogP contribution in [0.1, 0.15) is 16.5 Å². The molecule has 0 saturated carbocycles. The molecule has 0 bridgehead atoms. The maximum atomic E-state index is 10.2. The minimum absolute atomic E-state index is 0.605. The van der Waals surface area contributed by atoms with Gasteiger partial charge >= 0.3 is 0 Å². The summed E-state index contributed by atoms with van der Waals surface area (Å²) >= 11 is 1.45. The quantitative estimate of drug-likeness (QED) is 0.751. The highest BCUT2D eigenvalue weighted by Gasteiger charge is 2.12. The van der Waals surface area contributed by atoms with Gasteiger partial charge in [0, 0.05) is 17.8 Å². The second-order valence-electron chi connectivity index (χ2n) is 3.76. The van der Waals surface area contributed by atoms with Crippen LogP contribution in [0.15, 0.2) is 48.2 Å². The summed E-state index contributed by atoms with van der Waals surface area (Å²) in [6.45, 7) is 0. The van der Waals surface area contributed by atoms with Crippen LogP contribution in [0.4, 0.5) is 0 Å². The zero-order valence-electron chi connectivity index (χ0n) is 8.95. The molecule has 3 nitrogen and oxygen atoms in total. The lowest BCUT2D eigenvalue weighted by molar-refractivity contribution is 0.224. The number of pyridine rings is 1. The molecule has 84 valence electrons. The Bertz CT molecular complexity index is 637. The summed E-state index contributed by atoms with van der Waals surface area (Å²) in [5.74, 6) is 0. The van der Waals surface area contributed by atoms with Gasteiger partial charge in [-0.05, 0) is 23.8 Å². The van der Waals surface area contributed by atoms with Gasteiger partial charge in [-0.2, -0.15) is 0 Å². The van der Waals surface area contributed by atoms with E-state index < -0.39 is 6.10 Å². The van der Waals surface area contributed by atoms with Crippen molar-refractivity contribution in [3.63, 3.8) is 0 Å². The van der Waals surface area contributed by atoms with Gasteiger partial charge < -0.3 is 5.11 Å². The zero-order chi connectivity index (χ0) is 11.7. The highest BCUT2D eigenvalue weighted by atomic mass is 32.1. The number of aromatic nitrogens is 2. The van der Waals surface area contributed by atoms with Crippen LogP contribution in [0.2, 0.25) is 0 Å². The van der Waals surface area contributed by atoms with Crippen molar-refractivity contribution < 1.29 is 5.11 Å². The van der Waals surface area contributed by atoms with Gasteiger partial charge in [0.15, 0.2) is 0 Å². The smallest absolute Gasteiger partial charge is 0.115 e. The fourth-order valence-electron chi connectivity index (χ4n) is 1.79. The fraction of sp³-hybridized carbons (Fsp3) is 0.0769. The van der Waals surface area contributed by atoms with Gasteiger partial charge in [-0.3, -0.25) is 9.97 Å². The van der Waals surface area contributed by atoms with Gasteiger partial charge in [-0.1, -0.05) is 12.1 Å². The number of thiazole rings is 1. The molecule has 2 aromatic heterocycles. The summed E-state index contributed by atoms with van der Waals surface area (Å²) in [5, 5.41) is 11.2. The maximum Gasteiger partial charge on any atom is 0.115 e. The third kappa shape index (κ3) is 1.92. The molecule has 4 heteroatoms. The first-order valence-electron chi connectivity index (χ1n) is 5.26. The van der Waals surface area contributed by atoms with E-state index >= 15 is 0 Å². The number of hydrogen-bond acceptors (Lipinski definition) is 4. The first-order valence-corrected chi connectivity index (χ1v) is 6.14. The molecule has 0 amide bonds. The average molecular weight is 242 g/mol. The average Bonchev–Trinajstić information content (AvgIpc) is 2.91. The molecule has 0 radical (unpaired) electrons. The highest BCUT2D eigenvalue weighted by Crippen LogP contribution is 2.26. The first kappa shape index (κ1) is 10.4. The molecule has 1 N–H and O–H groups in total. The predicted molar refractivity (Wildman–Crippen MR) is 67.9 cm³/mol. The van der Waals surface area contributed by atoms with Crippen molar-refractivity contribution in [1.82, 2.24) is 9.97 Å². The number of rotatable bonds is 2. The SMILES string of the molecule is OC(c1ccc2ncccc2c1)c1cncs1. The maximum absolute atomic E-state index is 10.2. The first-order chi connectivity index (χ1) is 8.34. The molecule has 1 unspecified atom stereocenters. The zero-order valence-corrected chi connectivity index (χ0v) is 9.76. The van der Waals surface area contributed by atoms with Crippen molar-refractivity contribution in [3.8, 4) is 0 Å². The lowest BCUT2D eigenvalue weighted by atomic mass is 10.1. The number of fused-ring (bicyclic) bond motifs is 1. The molecule has 0 aliphatic rings. The normalized spacial score (nSPS) is 12.8. The van der Waals surface area contributed by atoms with Crippen molar-refractivity contribution in [2.45, 2.75) is 6.10 Å². The summed E-state index contributed by atoms with van der Waals surface area (Å²) < 4.78 is 0. The molecule has 1 aromatic carbocycles. The largest absolute Gasteiger partial charge is 0.383 e. The number of aliphatic hydroxyl groups is 1. The Labute approximate surface area is 102 Å². The highest BCUT2D eigenvalue weighted by molar-refractivity contribution is 7.09. The Balaban J connectivity index is 2.06. The topological polar surface area (TPSA) is 46.0 Å². The molecular formula is C13H10N2OS. The van der Waals surface area contributed by atoms with Crippen molar-refractivity contribution in [2.24, 2.45) is 0 Å². The molecule has 0 spiro atoms. The summed E-state index contributed by atoms with van der Waals surface area (Å²) in [4.78, 5) is 9.09. The molecule has 0 aliphatic carbocycles. The monoisotopic (exact) mass is 242 g/mol. The number of benzene rings is 1. The number of hydrogen-bond donors (Lipinski definition) is 1. The van der Waals surface area contributed by atoms with Crippen LogP contribution in [0.25, 0.3) is 10.9 Å². The summed E-state index contributed by atoms with van der Waals surface area (Å²) in [7, 11) is 0. The third-order valence-corrected chi connectivity index (χ3v) is 3.49. The molecule has 17 heavy (non-hydrogen) atoms. The molecule has 2 heterocycles. The standard InChI is InChI=1S/C13H10N2OS/c16-13(12-7-14-8-17-12)10-3-4-11-9(6-10)2-1-5-15-11/h1-8,13,16H. The molecule has 1 atom stereocenters. The van der Waals surface area contributed by atoms with Crippen molar-refractivity contribution in [2.75, 3.05) is 0 Å². The number of aliphatic hydroxyl groups excluding tert-OH is 1. The summed E-state index contributed by atoms with van der Waals surface area (Å²) in [6, 6.07) is 9.68. The minimum atomic E-state index is -0.605. The van der Waals surface area contributed by atoms with E-state index in [9.17, 15) is 5.11 Å². The third-order valence-electron chi connectivity index (χ3n) is 2.66. The van der Waals surface area contributed by atoms with E-state index in [0.29, 0.717) is 0 Å². The Hall–Kier alpha value is -1.78. The fourth-order valence-corrected chi connectivity index (χ4v) is 2.42. The van der Waals surface area contributed by atoms with Crippen molar-refractivity contribution in [3.05, 3.63) is 58.7 Å². The molecule has 3 aromatic rings. The van der Waals surface area contributed by atoms with Gasteiger partial charge in [0.2, 0.25) is 0 Å². The van der Waals surface area contributed by atoms with E-state index in [2.05, 4.69) is 9.97 Å². The van der Waals surface area contributed by atoms with Crippen LogP contribution < -0.4 is 0 Å². The molecule has 0 fully saturated rings. The molecule has 0 aliphatic heterocycles. The van der Waals surface area contributed by atoms with Crippen molar-refractivity contribution >= 4 is 22.2 Å². The predicted octanol–water partition coefficient (Wildman–Crippen LogP) is 2.77. The molecule has 0 saturated heterocycles. The lowest BCUT2D eigenvalue weighted by Gasteiger charge is -2.09. The van der Waals surface area contributed by atoms with E-state index in [1.54, 1.807) is 17.9 Å². The summed E-state index contributed by atoms with van der Waals surface area (Å²) in [6.07, 6.45) is 2.86. The van der Waals surface area contributed by atoms with E-state index in [0.717, 1.165) is 21.3 Å². The second-order valence-corrected chi connectivity index (χ2v) is 4.68. The summed E-state index contributed by atoms with van der Waals surface area (Å²) in [5.41, 5.74) is 3.53. The molecule has 3 rings (SSSR count). The van der Waals surface area contributed by atoms with Gasteiger partial charge in [0.05, 0.1) is 15.9 Å². The number of nitrogens with zero attached hydrogens (tertiary/aromatic N) is 2. The Morgan fingerprint density at radius 2 is 2.18 bits per heavy atom. The van der Waals surface area contributed by atoms with E-state index in [1.807, 2.05) is 30.3 Å². The van der Waals surface area contributed by atoms with E-state index in [1.165, 1.54) is 11.3 Å². The minimum Gasteiger partial charge on any atom is -0.383 e. The van der Waals surface area contributed by atoms with Crippen LogP contribution in [0.5, 0.6) is 0 Å². The van der Waals surface area contributed by atoms with Crippen LogP contribution >= 0.6 is 11.3 Å². The van der Waals surface area contributed by atoms with Crippen LogP contribution in [0.3, 0.4) is 0 Å². The van der Waals surface area contributed by atoms with E-state index in [4.69, 9.17) is 0 Å². The van der Waals surface area contributed by atoms with Gasteiger partial charge in [0.25, 0.3) is 0 Å². The second kappa shape index (κ2) is 4.24. The van der Waals surface area contributed by atoms with Crippen LogP contribution in [-0.4, -0.2) is 15.1 Å². The Morgan fingerprint density at radius 3 is 3.00 bits per heavy atom. The molecular weight excluding hydrogens is 232 g/mol. The van der Waals surface area contributed by atoms with Gasteiger partial charge in [0.1, 0.15) is 6.10 Å². The van der Waals surface area contributed by atoms with Crippen LogP contribution in [0, 0.1) is 0 Å². The lowest BCUT2D eigenvalue weighted by Crippen LogP contribution is -1.97.